The van der Waals surface area contributed by atoms with Crippen molar-refractivity contribution in [2.75, 3.05) is 0 Å². The number of aromatic nitrogens is 2. The molecule has 0 unspecified atom stereocenters. The van der Waals surface area contributed by atoms with Gasteiger partial charge in [0.25, 0.3) is 0 Å². The lowest BCUT2D eigenvalue weighted by molar-refractivity contribution is 0.584. The van der Waals surface area contributed by atoms with E-state index in [1.165, 1.54) is 12.3 Å². The van der Waals surface area contributed by atoms with Crippen LogP contribution in [0.3, 0.4) is 0 Å². The second-order valence-corrected chi connectivity index (χ2v) is 3.85. The van der Waals surface area contributed by atoms with E-state index in [1.807, 2.05) is 0 Å². The first-order chi connectivity index (χ1) is 7.58. The van der Waals surface area contributed by atoms with Crippen molar-refractivity contribution < 1.29 is 4.39 Å². The minimum atomic E-state index is -0.544. The molecule has 0 spiro atoms. The molecule has 0 bridgehead atoms. The van der Waals surface area contributed by atoms with Gasteiger partial charge < -0.3 is 0 Å². The average Bonchev–Trinajstić information content (AvgIpc) is 2.17. The summed E-state index contributed by atoms with van der Waals surface area (Å²) in [6, 6.07) is 5.93. The standard InChI is InChI=1S/C5H3Cl2N.C5H3ClFN/c2*6-4-1-2-8-5(7)3-4/h2*1-3H. The minimum Gasteiger partial charge on any atom is -0.244 e. The van der Waals surface area contributed by atoms with Gasteiger partial charge >= 0.3 is 0 Å². The van der Waals surface area contributed by atoms with Crippen LogP contribution >= 0.6 is 34.8 Å². The van der Waals surface area contributed by atoms with Gasteiger partial charge in [0.1, 0.15) is 5.15 Å². The van der Waals surface area contributed by atoms with E-state index < -0.39 is 5.95 Å². The molecule has 0 amide bonds. The summed E-state index contributed by atoms with van der Waals surface area (Å²) in [5.74, 6) is -0.544. The molecule has 6 heteroatoms. The molecule has 2 aromatic rings. The van der Waals surface area contributed by atoms with Crippen LogP contribution in [0.15, 0.2) is 36.7 Å². The Hall–Kier alpha value is -0.900. The first kappa shape index (κ1) is 13.2. The van der Waals surface area contributed by atoms with E-state index in [0.29, 0.717) is 15.2 Å². The maximum Gasteiger partial charge on any atom is 0.214 e. The zero-order valence-corrected chi connectivity index (χ0v) is 10.1. The van der Waals surface area contributed by atoms with Crippen molar-refractivity contribution in [1.29, 1.82) is 0 Å². The van der Waals surface area contributed by atoms with Gasteiger partial charge in [-0.15, -0.1) is 0 Å². The van der Waals surface area contributed by atoms with Crippen molar-refractivity contribution in [3.8, 4) is 0 Å². The molecule has 16 heavy (non-hydrogen) atoms. The van der Waals surface area contributed by atoms with E-state index in [9.17, 15) is 4.39 Å². The lowest BCUT2D eigenvalue weighted by Crippen LogP contribution is -1.76. The van der Waals surface area contributed by atoms with Crippen molar-refractivity contribution in [3.05, 3.63) is 57.8 Å². The molecule has 0 saturated carbocycles. The zero-order chi connectivity index (χ0) is 12.0. The third kappa shape index (κ3) is 5.26. The maximum absolute atomic E-state index is 12.0. The van der Waals surface area contributed by atoms with Gasteiger partial charge in [0, 0.05) is 28.5 Å². The summed E-state index contributed by atoms with van der Waals surface area (Å²) < 4.78 is 12.0. The number of nitrogens with zero attached hydrogens (tertiary/aromatic N) is 2. The molecular formula is C10H6Cl3FN2. The highest BCUT2D eigenvalue weighted by atomic mass is 35.5. The van der Waals surface area contributed by atoms with Crippen molar-refractivity contribution in [2.45, 2.75) is 0 Å². The molecule has 2 nitrogen and oxygen atoms in total. The molecule has 0 N–H and O–H groups in total. The second kappa shape index (κ2) is 6.63. The van der Waals surface area contributed by atoms with Crippen LogP contribution in [-0.2, 0) is 0 Å². The number of hydrogen-bond acceptors (Lipinski definition) is 2. The number of hydrogen-bond donors (Lipinski definition) is 0. The first-order valence-electron chi connectivity index (χ1n) is 4.12. The Kier molecular flexibility index (Phi) is 5.46. The predicted octanol–water partition coefficient (Wildman–Crippen LogP) is 4.26. The second-order valence-electron chi connectivity index (χ2n) is 2.59. The van der Waals surface area contributed by atoms with Crippen molar-refractivity contribution in [2.24, 2.45) is 0 Å². The Morgan fingerprint density at radius 3 is 1.75 bits per heavy atom. The highest BCUT2D eigenvalue weighted by molar-refractivity contribution is 6.33. The zero-order valence-electron chi connectivity index (χ0n) is 7.87. The Morgan fingerprint density at radius 2 is 1.44 bits per heavy atom. The van der Waals surface area contributed by atoms with Gasteiger partial charge in [-0.1, -0.05) is 34.8 Å². The molecule has 0 aromatic carbocycles. The molecule has 0 radical (unpaired) electrons. The van der Waals surface area contributed by atoms with E-state index in [0.717, 1.165) is 6.07 Å². The molecule has 0 aliphatic heterocycles. The van der Waals surface area contributed by atoms with Crippen LogP contribution in [0.4, 0.5) is 4.39 Å². The fourth-order valence-electron chi connectivity index (χ4n) is 0.758. The van der Waals surface area contributed by atoms with Crippen LogP contribution in [0.5, 0.6) is 0 Å². The maximum atomic E-state index is 12.0. The van der Waals surface area contributed by atoms with E-state index in [4.69, 9.17) is 34.8 Å². The van der Waals surface area contributed by atoms with Crippen LogP contribution in [-0.4, -0.2) is 9.97 Å². The highest BCUT2D eigenvalue weighted by Crippen LogP contribution is 2.10. The first-order valence-corrected chi connectivity index (χ1v) is 5.25. The largest absolute Gasteiger partial charge is 0.244 e. The van der Waals surface area contributed by atoms with Gasteiger partial charge in [-0.25, -0.2) is 9.97 Å². The summed E-state index contributed by atoms with van der Waals surface area (Å²) in [7, 11) is 0. The molecule has 0 aliphatic rings. The summed E-state index contributed by atoms with van der Waals surface area (Å²) in [6.07, 6.45) is 2.88. The smallest absolute Gasteiger partial charge is 0.214 e. The quantitative estimate of drug-likeness (QED) is 0.673. The SMILES string of the molecule is Clc1ccnc(Cl)c1.Fc1cc(Cl)ccn1. The summed E-state index contributed by atoms with van der Waals surface area (Å²) in [5.41, 5.74) is 0. The fourth-order valence-corrected chi connectivity index (χ4v) is 1.29. The van der Waals surface area contributed by atoms with Gasteiger partial charge in [-0.3, -0.25) is 0 Å². The molecule has 2 rings (SSSR count). The van der Waals surface area contributed by atoms with Gasteiger partial charge in [0.15, 0.2) is 0 Å². The Morgan fingerprint density at radius 1 is 0.875 bits per heavy atom. The van der Waals surface area contributed by atoms with Crippen LogP contribution in [0, 0.1) is 5.95 Å². The van der Waals surface area contributed by atoms with E-state index in [-0.39, 0.29) is 0 Å². The van der Waals surface area contributed by atoms with Crippen molar-refractivity contribution >= 4 is 34.8 Å². The van der Waals surface area contributed by atoms with Gasteiger partial charge in [0.2, 0.25) is 5.95 Å². The Labute approximate surface area is 107 Å². The third-order valence-electron chi connectivity index (χ3n) is 1.38. The molecule has 0 fully saturated rings. The lowest BCUT2D eigenvalue weighted by Gasteiger charge is -1.85. The fraction of sp³-hybridized carbons (Fsp3) is 0. The van der Waals surface area contributed by atoms with Gasteiger partial charge in [0.05, 0.1) is 0 Å². The molecule has 0 aliphatic carbocycles. The molecule has 0 atom stereocenters. The Bertz CT molecular complexity index is 387. The van der Waals surface area contributed by atoms with Crippen molar-refractivity contribution in [3.63, 3.8) is 0 Å². The van der Waals surface area contributed by atoms with Gasteiger partial charge in [-0.2, -0.15) is 4.39 Å². The van der Waals surface area contributed by atoms with Crippen LogP contribution < -0.4 is 0 Å². The molecule has 2 heterocycles. The van der Waals surface area contributed by atoms with E-state index in [2.05, 4.69) is 9.97 Å². The van der Waals surface area contributed by atoms with E-state index in [1.54, 1.807) is 18.3 Å². The monoisotopic (exact) mass is 278 g/mol. The molecule has 2 aromatic heterocycles. The normalized spacial score (nSPS) is 9.25. The topological polar surface area (TPSA) is 25.8 Å². The number of halogens is 4. The highest BCUT2D eigenvalue weighted by Gasteiger charge is 1.88. The predicted molar refractivity (Wildman–Crippen MR) is 63.5 cm³/mol. The molecule has 0 saturated heterocycles. The third-order valence-corrected chi connectivity index (χ3v) is 2.05. The van der Waals surface area contributed by atoms with Crippen molar-refractivity contribution in [1.82, 2.24) is 9.97 Å². The summed E-state index contributed by atoms with van der Waals surface area (Å²) in [6.45, 7) is 0. The van der Waals surface area contributed by atoms with Gasteiger partial charge in [-0.05, 0) is 18.2 Å². The lowest BCUT2D eigenvalue weighted by atomic mass is 10.5. The number of pyridine rings is 2. The van der Waals surface area contributed by atoms with Crippen LogP contribution in [0.25, 0.3) is 0 Å². The van der Waals surface area contributed by atoms with Crippen LogP contribution in [0.2, 0.25) is 15.2 Å². The summed E-state index contributed by atoms with van der Waals surface area (Å²) in [4.78, 5) is 7.01. The summed E-state index contributed by atoms with van der Waals surface area (Å²) >= 11 is 16.3. The minimum absolute atomic E-state index is 0.373. The summed E-state index contributed by atoms with van der Waals surface area (Å²) in [5, 5.41) is 1.42. The molecular weight excluding hydrogens is 273 g/mol. The van der Waals surface area contributed by atoms with E-state index >= 15 is 0 Å². The molecule has 84 valence electrons. The Balaban J connectivity index is 0.000000160. The van der Waals surface area contributed by atoms with Crippen LogP contribution in [0.1, 0.15) is 0 Å². The number of rotatable bonds is 0. The average molecular weight is 280 g/mol.